The predicted molar refractivity (Wildman–Crippen MR) is 57.1 cm³/mol. The average molecular weight is 229 g/mol. The van der Waals surface area contributed by atoms with Crippen LogP contribution in [0.4, 0.5) is 11.4 Å². The van der Waals surface area contributed by atoms with Gasteiger partial charge in [0.25, 0.3) is 0 Å². The minimum Gasteiger partial charge on any atom is -0.478 e. The van der Waals surface area contributed by atoms with Gasteiger partial charge in [0.05, 0.1) is 22.0 Å². The topological polar surface area (TPSA) is 92.4 Å². The minimum absolute atomic E-state index is 0.0906. The SMILES string of the molecule is CC(=O)Nc1cc(Cl)c(N)cc1C(=O)O. The first-order valence-corrected chi connectivity index (χ1v) is 4.39. The second-order valence-corrected chi connectivity index (χ2v) is 3.31. The summed E-state index contributed by atoms with van der Waals surface area (Å²) < 4.78 is 0. The maximum absolute atomic E-state index is 10.8. The van der Waals surface area contributed by atoms with E-state index >= 15 is 0 Å². The van der Waals surface area contributed by atoms with E-state index in [1.807, 2.05) is 0 Å². The van der Waals surface area contributed by atoms with Crippen molar-refractivity contribution in [2.45, 2.75) is 6.92 Å². The Kier molecular flexibility index (Phi) is 3.16. The van der Waals surface area contributed by atoms with Gasteiger partial charge in [-0.25, -0.2) is 4.79 Å². The van der Waals surface area contributed by atoms with E-state index < -0.39 is 5.97 Å². The molecule has 0 aliphatic carbocycles. The number of nitrogens with one attached hydrogen (secondary N) is 1. The lowest BCUT2D eigenvalue weighted by Gasteiger charge is -2.08. The van der Waals surface area contributed by atoms with Crippen molar-refractivity contribution in [2.75, 3.05) is 11.1 Å². The Morgan fingerprint density at radius 3 is 2.53 bits per heavy atom. The number of amides is 1. The van der Waals surface area contributed by atoms with E-state index in [0.29, 0.717) is 0 Å². The Balaban J connectivity index is 3.28. The maximum Gasteiger partial charge on any atom is 0.337 e. The van der Waals surface area contributed by atoms with Crippen LogP contribution in [0.3, 0.4) is 0 Å². The van der Waals surface area contributed by atoms with E-state index in [-0.39, 0.29) is 27.9 Å². The molecule has 0 saturated carbocycles. The number of nitrogens with two attached hydrogens (primary N) is 1. The fraction of sp³-hybridized carbons (Fsp3) is 0.111. The summed E-state index contributed by atoms with van der Waals surface area (Å²) in [6.45, 7) is 1.27. The number of carbonyl (C=O) groups is 2. The Bertz CT molecular complexity index is 432. The van der Waals surface area contributed by atoms with E-state index in [2.05, 4.69) is 5.32 Å². The molecule has 0 fully saturated rings. The molecule has 0 aliphatic rings. The van der Waals surface area contributed by atoms with Crippen molar-refractivity contribution in [3.8, 4) is 0 Å². The number of hydrogen-bond donors (Lipinski definition) is 3. The molecule has 1 amide bonds. The van der Waals surface area contributed by atoms with Crippen molar-refractivity contribution in [1.82, 2.24) is 0 Å². The van der Waals surface area contributed by atoms with Gasteiger partial charge in [-0.05, 0) is 12.1 Å². The molecule has 5 nitrogen and oxygen atoms in total. The fourth-order valence-corrected chi connectivity index (χ4v) is 1.22. The molecule has 0 bridgehead atoms. The van der Waals surface area contributed by atoms with Crippen LogP contribution >= 0.6 is 11.6 Å². The number of carboxylic acid groups (broad SMARTS) is 1. The first-order chi connectivity index (χ1) is 6.91. The van der Waals surface area contributed by atoms with Gasteiger partial charge >= 0.3 is 5.97 Å². The Morgan fingerprint density at radius 1 is 1.47 bits per heavy atom. The molecule has 0 aromatic heterocycles. The zero-order chi connectivity index (χ0) is 11.6. The van der Waals surface area contributed by atoms with Crippen LogP contribution in [-0.4, -0.2) is 17.0 Å². The van der Waals surface area contributed by atoms with Gasteiger partial charge < -0.3 is 16.2 Å². The molecule has 4 N–H and O–H groups in total. The second kappa shape index (κ2) is 4.18. The van der Waals surface area contributed by atoms with E-state index in [1.165, 1.54) is 19.1 Å². The quantitative estimate of drug-likeness (QED) is 0.670. The molecular weight excluding hydrogens is 220 g/mol. The number of nitrogen functional groups attached to an aromatic ring is 1. The number of anilines is 2. The van der Waals surface area contributed by atoms with Crippen molar-refractivity contribution in [3.05, 3.63) is 22.7 Å². The molecule has 0 unspecified atom stereocenters. The molecule has 1 aromatic rings. The van der Waals surface area contributed by atoms with Crippen LogP contribution in [-0.2, 0) is 4.79 Å². The van der Waals surface area contributed by atoms with Crippen LogP contribution in [0.5, 0.6) is 0 Å². The van der Waals surface area contributed by atoms with E-state index in [4.69, 9.17) is 22.4 Å². The highest BCUT2D eigenvalue weighted by Crippen LogP contribution is 2.27. The summed E-state index contributed by atoms with van der Waals surface area (Å²) >= 11 is 5.70. The number of hydrogen-bond acceptors (Lipinski definition) is 3. The highest BCUT2D eigenvalue weighted by atomic mass is 35.5. The molecule has 1 aromatic carbocycles. The van der Waals surface area contributed by atoms with E-state index in [9.17, 15) is 9.59 Å². The van der Waals surface area contributed by atoms with E-state index in [1.54, 1.807) is 0 Å². The zero-order valence-corrected chi connectivity index (χ0v) is 8.63. The van der Waals surface area contributed by atoms with Crippen molar-refractivity contribution < 1.29 is 14.7 Å². The molecule has 0 spiro atoms. The van der Waals surface area contributed by atoms with Gasteiger partial charge in [-0.15, -0.1) is 0 Å². The summed E-state index contributed by atoms with van der Waals surface area (Å²) in [7, 11) is 0. The van der Waals surface area contributed by atoms with Crippen molar-refractivity contribution in [1.29, 1.82) is 0 Å². The molecule has 0 heterocycles. The van der Waals surface area contributed by atoms with Gasteiger partial charge in [-0.2, -0.15) is 0 Å². The highest BCUT2D eigenvalue weighted by Gasteiger charge is 2.13. The zero-order valence-electron chi connectivity index (χ0n) is 7.87. The van der Waals surface area contributed by atoms with Crippen LogP contribution in [0.25, 0.3) is 0 Å². The number of aromatic carboxylic acids is 1. The van der Waals surface area contributed by atoms with Crippen LogP contribution in [0.1, 0.15) is 17.3 Å². The van der Waals surface area contributed by atoms with Crippen LogP contribution in [0.15, 0.2) is 12.1 Å². The largest absolute Gasteiger partial charge is 0.478 e. The Labute approximate surface area is 90.8 Å². The first-order valence-electron chi connectivity index (χ1n) is 4.01. The van der Waals surface area contributed by atoms with Gasteiger partial charge in [0.1, 0.15) is 0 Å². The third-order valence-electron chi connectivity index (χ3n) is 1.68. The maximum atomic E-state index is 10.8. The Morgan fingerprint density at radius 2 is 2.07 bits per heavy atom. The third kappa shape index (κ3) is 2.60. The molecular formula is C9H9ClN2O3. The molecule has 15 heavy (non-hydrogen) atoms. The van der Waals surface area contributed by atoms with Crippen molar-refractivity contribution in [3.63, 3.8) is 0 Å². The van der Waals surface area contributed by atoms with Crippen LogP contribution in [0.2, 0.25) is 5.02 Å². The minimum atomic E-state index is -1.18. The Hall–Kier alpha value is -1.75. The number of halogens is 1. The van der Waals surface area contributed by atoms with Crippen LogP contribution in [0, 0.1) is 0 Å². The molecule has 6 heteroatoms. The standard InChI is InChI=1S/C9H9ClN2O3/c1-4(13)12-8-3-6(10)7(11)2-5(8)9(14)15/h2-3H,11H2,1H3,(H,12,13)(H,14,15). The monoisotopic (exact) mass is 228 g/mol. The van der Waals surface area contributed by atoms with Crippen LogP contribution < -0.4 is 11.1 Å². The second-order valence-electron chi connectivity index (χ2n) is 2.91. The van der Waals surface area contributed by atoms with E-state index in [0.717, 1.165) is 0 Å². The van der Waals surface area contributed by atoms with Gasteiger partial charge in [-0.1, -0.05) is 11.6 Å². The normalized spacial score (nSPS) is 9.73. The summed E-state index contributed by atoms with van der Waals surface area (Å²) in [5.41, 5.74) is 5.65. The van der Waals surface area contributed by atoms with Gasteiger partial charge in [0.2, 0.25) is 5.91 Å². The number of rotatable bonds is 2. The summed E-state index contributed by atoms with van der Waals surface area (Å²) in [5, 5.41) is 11.4. The average Bonchev–Trinajstić information content (AvgIpc) is 2.09. The number of carbonyl (C=O) groups excluding carboxylic acids is 1. The highest BCUT2D eigenvalue weighted by molar-refractivity contribution is 6.33. The first kappa shape index (κ1) is 11.3. The van der Waals surface area contributed by atoms with Gasteiger partial charge in [0.15, 0.2) is 0 Å². The number of benzene rings is 1. The third-order valence-corrected chi connectivity index (χ3v) is 2.01. The van der Waals surface area contributed by atoms with Crippen molar-refractivity contribution >= 4 is 34.9 Å². The number of carboxylic acids is 1. The summed E-state index contributed by atoms with van der Waals surface area (Å²) in [6.07, 6.45) is 0. The summed E-state index contributed by atoms with van der Waals surface area (Å²) in [5.74, 6) is -1.56. The van der Waals surface area contributed by atoms with Crippen molar-refractivity contribution in [2.24, 2.45) is 0 Å². The fourth-order valence-electron chi connectivity index (χ4n) is 1.06. The van der Waals surface area contributed by atoms with Gasteiger partial charge in [-0.3, -0.25) is 4.79 Å². The molecule has 80 valence electrons. The predicted octanol–water partition coefficient (Wildman–Crippen LogP) is 1.58. The molecule has 0 radical (unpaired) electrons. The molecule has 1 rings (SSSR count). The summed E-state index contributed by atoms with van der Waals surface area (Å²) in [4.78, 5) is 21.6. The lowest BCUT2D eigenvalue weighted by atomic mass is 10.1. The smallest absolute Gasteiger partial charge is 0.337 e. The molecule has 0 atom stereocenters. The van der Waals surface area contributed by atoms with Gasteiger partial charge in [0, 0.05) is 6.92 Å². The molecule has 0 aliphatic heterocycles. The molecule has 0 saturated heterocycles. The lowest BCUT2D eigenvalue weighted by Crippen LogP contribution is -2.11. The lowest BCUT2D eigenvalue weighted by molar-refractivity contribution is -0.114. The summed E-state index contributed by atoms with van der Waals surface area (Å²) in [6, 6.07) is 2.51.